The lowest BCUT2D eigenvalue weighted by atomic mass is 9.93. The van der Waals surface area contributed by atoms with Crippen LogP contribution < -0.4 is 5.32 Å². The van der Waals surface area contributed by atoms with E-state index in [1.807, 2.05) is 12.1 Å². The molecule has 102 valence electrons. The van der Waals surface area contributed by atoms with E-state index < -0.39 is 0 Å². The van der Waals surface area contributed by atoms with Gasteiger partial charge in [-0.05, 0) is 51.3 Å². The first-order chi connectivity index (χ1) is 8.58. The van der Waals surface area contributed by atoms with Crippen LogP contribution in [0.5, 0.6) is 0 Å². The van der Waals surface area contributed by atoms with Crippen LogP contribution >= 0.6 is 0 Å². The van der Waals surface area contributed by atoms with E-state index in [2.05, 4.69) is 31.0 Å². The van der Waals surface area contributed by atoms with Gasteiger partial charge in [0.05, 0.1) is 12.8 Å². The summed E-state index contributed by atoms with van der Waals surface area (Å²) in [5.74, 6) is 1.85. The van der Waals surface area contributed by atoms with Crippen LogP contribution in [0.1, 0.15) is 39.4 Å². The van der Waals surface area contributed by atoms with Crippen LogP contribution in [0, 0.1) is 5.92 Å². The number of rotatable bonds is 5. The minimum absolute atomic E-state index is 0.223. The van der Waals surface area contributed by atoms with E-state index in [-0.39, 0.29) is 5.54 Å². The van der Waals surface area contributed by atoms with E-state index in [4.69, 9.17) is 4.42 Å². The van der Waals surface area contributed by atoms with Gasteiger partial charge in [0.2, 0.25) is 0 Å². The molecule has 1 atom stereocenters. The molecule has 1 aliphatic heterocycles. The fourth-order valence-corrected chi connectivity index (χ4v) is 2.76. The molecule has 3 nitrogen and oxygen atoms in total. The van der Waals surface area contributed by atoms with Gasteiger partial charge in [-0.25, -0.2) is 0 Å². The molecule has 18 heavy (non-hydrogen) atoms. The Kier molecular flexibility index (Phi) is 4.46. The second-order valence-electron chi connectivity index (χ2n) is 6.19. The van der Waals surface area contributed by atoms with Crippen LogP contribution in [0.25, 0.3) is 0 Å². The highest BCUT2D eigenvalue weighted by molar-refractivity contribution is 4.98. The Morgan fingerprint density at radius 1 is 1.50 bits per heavy atom. The number of hydrogen-bond donors (Lipinski definition) is 1. The number of likely N-dealkylation sites (tertiary alicyclic amines) is 1. The molecule has 1 unspecified atom stereocenters. The van der Waals surface area contributed by atoms with Crippen LogP contribution in [0.3, 0.4) is 0 Å². The molecule has 1 aromatic rings. The summed E-state index contributed by atoms with van der Waals surface area (Å²) in [6.45, 7) is 11.3. The van der Waals surface area contributed by atoms with Crippen molar-refractivity contribution in [1.29, 1.82) is 0 Å². The molecule has 0 aromatic carbocycles. The lowest BCUT2D eigenvalue weighted by molar-refractivity contribution is 0.0703. The van der Waals surface area contributed by atoms with Crippen molar-refractivity contribution in [2.24, 2.45) is 5.92 Å². The molecular formula is C15H26N2O. The molecular weight excluding hydrogens is 224 g/mol. The summed E-state index contributed by atoms with van der Waals surface area (Å²) in [7, 11) is 0. The van der Waals surface area contributed by atoms with Crippen LogP contribution in [0.15, 0.2) is 22.8 Å². The Bertz CT molecular complexity index is 345. The molecule has 1 N–H and O–H groups in total. The smallest absolute Gasteiger partial charge is 0.117 e. The molecule has 3 heteroatoms. The van der Waals surface area contributed by atoms with E-state index >= 15 is 0 Å². The van der Waals surface area contributed by atoms with E-state index in [9.17, 15) is 0 Å². The number of hydrogen-bond acceptors (Lipinski definition) is 3. The van der Waals surface area contributed by atoms with Crippen LogP contribution in [-0.4, -0.2) is 30.1 Å². The highest BCUT2D eigenvalue weighted by Crippen LogP contribution is 2.23. The predicted molar refractivity (Wildman–Crippen MR) is 74.5 cm³/mol. The maximum atomic E-state index is 5.33. The Hall–Kier alpha value is -0.800. The van der Waals surface area contributed by atoms with Gasteiger partial charge in [0.1, 0.15) is 5.76 Å². The average molecular weight is 250 g/mol. The number of piperidine rings is 1. The summed E-state index contributed by atoms with van der Waals surface area (Å²) in [6, 6.07) is 3.96. The number of nitrogens with one attached hydrogen (secondary N) is 1. The first-order valence-electron chi connectivity index (χ1n) is 7.06. The lowest BCUT2D eigenvalue weighted by Gasteiger charge is -2.43. The van der Waals surface area contributed by atoms with Crippen molar-refractivity contribution in [2.45, 2.75) is 45.7 Å². The second kappa shape index (κ2) is 5.89. The van der Waals surface area contributed by atoms with Crippen LogP contribution in [0.2, 0.25) is 0 Å². The predicted octanol–water partition coefficient (Wildman–Crippen LogP) is 2.88. The van der Waals surface area contributed by atoms with Crippen molar-refractivity contribution in [1.82, 2.24) is 10.2 Å². The van der Waals surface area contributed by atoms with E-state index in [0.29, 0.717) is 0 Å². The molecule has 0 amide bonds. The molecule has 2 heterocycles. The number of nitrogens with zero attached hydrogens (tertiary/aromatic N) is 1. The fraction of sp³-hybridized carbons (Fsp3) is 0.733. The normalized spacial score (nSPS) is 22.3. The molecule has 0 saturated carbocycles. The molecule has 0 radical (unpaired) electrons. The van der Waals surface area contributed by atoms with E-state index in [1.54, 1.807) is 6.26 Å². The zero-order chi connectivity index (χ0) is 13.0. The first kappa shape index (κ1) is 13.6. The Morgan fingerprint density at radius 3 is 3.00 bits per heavy atom. The number of furan rings is 1. The summed E-state index contributed by atoms with van der Waals surface area (Å²) >= 11 is 0. The van der Waals surface area contributed by atoms with Crippen molar-refractivity contribution in [3.05, 3.63) is 24.2 Å². The van der Waals surface area contributed by atoms with Gasteiger partial charge in [0.15, 0.2) is 0 Å². The minimum Gasteiger partial charge on any atom is -0.468 e. The van der Waals surface area contributed by atoms with E-state index in [0.717, 1.165) is 24.8 Å². The third-order valence-electron chi connectivity index (χ3n) is 3.95. The highest BCUT2D eigenvalue weighted by atomic mass is 16.3. The van der Waals surface area contributed by atoms with E-state index in [1.165, 1.54) is 25.9 Å². The molecule has 2 rings (SSSR count). The van der Waals surface area contributed by atoms with Crippen LogP contribution in [-0.2, 0) is 6.54 Å². The largest absolute Gasteiger partial charge is 0.468 e. The quantitative estimate of drug-likeness (QED) is 0.871. The fourth-order valence-electron chi connectivity index (χ4n) is 2.76. The van der Waals surface area contributed by atoms with Crippen molar-refractivity contribution < 1.29 is 4.42 Å². The molecule has 0 bridgehead atoms. The summed E-state index contributed by atoms with van der Waals surface area (Å²) < 4.78 is 5.33. The molecule has 0 aliphatic carbocycles. The van der Waals surface area contributed by atoms with Crippen molar-refractivity contribution in [3.8, 4) is 0 Å². The zero-order valence-electron chi connectivity index (χ0n) is 11.9. The molecule has 1 saturated heterocycles. The SMILES string of the molecule is CC1CCCN(C(C)(C)CNCc2ccco2)C1. The van der Waals surface area contributed by atoms with Gasteiger partial charge in [-0.3, -0.25) is 4.90 Å². The van der Waals surface area contributed by atoms with Crippen molar-refractivity contribution >= 4 is 0 Å². The highest BCUT2D eigenvalue weighted by Gasteiger charge is 2.29. The van der Waals surface area contributed by atoms with Gasteiger partial charge in [0.25, 0.3) is 0 Å². The first-order valence-corrected chi connectivity index (χ1v) is 7.06. The Balaban J connectivity index is 1.79. The van der Waals surface area contributed by atoms with Crippen molar-refractivity contribution in [3.63, 3.8) is 0 Å². The molecule has 0 spiro atoms. The molecule has 1 aliphatic rings. The standard InChI is InChI=1S/C15H26N2O/c1-13-6-4-8-17(11-13)15(2,3)12-16-10-14-7-5-9-18-14/h5,7,9,13,16H,4,6,8,10-12H2,1-3H3. The van der Waals surface area contributed by atoms with Crippen molar-refractivity contribution in [2.75, 3.05) is 19.6 Å². The summed E-state index contributed by atoms with van der Waals surface area (Å²) in [5.41, 5.74) is 0.223. The Morgan fingerprint density at radius 2 is 2.33 bits per heavy atom. The molecule has 1 aromatic heterocycles. The Labute approximate surface area is 111 Å². The van der Waals surface area contributed by atoms with Gasteiger partial charge in [-0.2, -0.15) is 0 Å². The summed E-state index contributed by atoms with van der Waals surface area (Å²) in [5, 5.41) is 3.50. The topological polar surface area (TPSA) is 28.4 Å². The summed E-state index contributed by atoms with van der Waals surface area (Å²) in [4.78, 5) is 2.62. The van der Waals surface area contributed by atoms with Gasteiger partial charge in [0, 0.05) is 18.6 Å². The summed E-state index contributed by atoms with van der Waals surface area (Å²) in [6.07, 6.45) is 4.45. The van der Waals surface area contributed by atoms with Gasteiger partial charge < -0.3 is 9.73 Å². The monoisotopic (exact) mass is 250 g/mol. The second-order valence-corrected chi connectivity index (χ2v) is 6.19. The maximum absolute atomic E-state index is 5.33. The average Bonchev–Trinajstić information content (AvgIpc) is 2.82. The third-order valence-corrected chi connectivity index (χ3v) is 3.95. The minimum atomic E-state index is 0.223. The van der Waals surface area contributed by atoms with Gasteiger partial charge in [-0.1, -0.05) is 6.92 Å². The zero-order valence-corrected chi connectivity index (χ0v) is 11.9. The van der Waals surface area contributed by atoms with Gasteiger partial charge >= 0.3 is 0 Å². The van der Waals surface area contributed by atoms with Crippen LogP contribution in [0.4, 0.5) is 0 Å². The molecule has 1 fully saturated rings. The van der Waals surface area contributed by atoms with Gasteiger partial charge in [-0.15, -0.1) is 0 Å². The third kappa shape index (κ3) is 3.59. The maximum Gasteiger partial charge on any atom is 0.117 e. The lowest BCUT2D eigenvalue weighted by Crippen LogP contribution is -2.53.